The number of benzene rings is 1. The number of methoxy groups -OCH3 is 2. The van der Waals surface area contributed by atoms with Gasteiger partial charge in [-0.25, -0.2) is 14.4 Å². The zero-order valence-corrected chi connectivity index (χ0v) is 57.8. The first kappa shape index (κ1) is 75.2. The minimum absolute atomic E-state index is 0.00306. The van der Waals surface area contributed by atoms with Crippen molar-refractivity contribution in [3.8, 4) is 0 Å². The van der Waals surface area contributed by atoms with Crippen molar-refractivity contribution in [1.29, 1.82) is 0 Å². The zero-order chi connectivity index (χ0) is 70.7. The van der Waals surface area contributed by atoms with Crippen LogP contribution in [0.3, 0.4) is 0 Å². The number of amides is 8. The maximum absolute atomic E-state index is 14.5. The number of ketones is 1. The fourth-order valence-electron chi connectivity index (χ4n) is 15.7. The van der Waals surface area contributed by atoms with Gasteiger partial charge in [-0.3, -0.25) is 28.8 Å². The first-order valence-corrected chi connectivity index (χ1v) is 35.7. The van der Waals surface area contributed by atoms with Crippen LogP contribution in [-0.2, 0) is 92.4 Å². The van der Waals surface area contributed by atoms with Crippen molar-refractivity contribution < 1.29 is 100 Å². The lowest BCUT2D eigenvalue weighted by Crippen LogP contribution is -2.58. The monoisotopic (exact) mass is 1390 g/mol. The maximum atomic E-state index is 14.5. The third kappa shape index (κ3) is 19.8. The Morgan fingerprint density at radius 1 is 0.737 bits per heavy atom. The van der Waals surface area contributed by atoms with Crippen molar-refractivity contribution in [2.75, 3.05) is 32.6 Å². The molecular weight excluding hydrogens is 1290 g/mol. The van der Waals surface area contributed by atoms with Gasteiger partial charge in [0.25, 0.3) is 11.8 Å². The molecule has 0 radical (unpaired) electrons. The molecule has 9 aliphatic rings. The number of alkyl carbamates (subject to hydrolysis) is 1. The number of rotatable bonds is 25. The summed E-state index contributed by atoms with van der Waals surface area (Å²) in [6.45, 7) is 14.4. The number of urea groups is 1. The molecule has 1 aromatic rings. The molecule has 4 unspecified atom stereocenters. The number of hydrogen-bond donors (Lipinski definition) is 7. The Labute approximate surface area is 578 Å². The second kappa shape index (κ2) is 34.5. The normalized spacial score (nSPS) is 33.2. The van der Waals surface area contributed by atoms with E-state index in [-0.39, 0.29) is 150 Å². The van der Waals surface area contributed by atoms with Crippen LogP contribution in [0.25, 0.3) is 0 Å². The molecule has 548 valence electrons. The number of nitrogens with one attached hydrogen (secondary N) is 5. The number of nitrogens with zero attached hydrogens (tertiary/aromatic N) is 1. The van der Waals surface area contributed by atoms with E-state index in [1.807, 2.05) is 0 Å². The molecule has 1 aromatic carbocycles. The highest BCUT2D eigenvalue weighted by Crippen LogP contribution is 2.50. The number of imide groups is 1. The van der Waals surface area contributed by atoms with Gasteiger partial charge in [0.15, 0.2) is 5.79 Å². The number of primary amides is 1. The van der Waals surface area contributed by atoms with E-state index in [1.54, 1.807) is 52.3 Å². The van der Waals surface area contributed by atoms with E-state index < -0.39 is 108 Å². The molecular formula is C71H103N7O21. The number of hydroxylamine groups is 2. The molecule has 0 saturated carbocycles. The van der Waals surface area contributed by atoms with Gasteiger partial charge in [0.05, 0.1) is 79.4 Å². The first-order chi connectivity index (χ1) is 47.4. The van der Waals surface area contributed by atoms with E-state index in [1.165, 1.54) is 0 Å². The molecule has 8 N–H and O–H groups in total. The van der Waals surface area contributed by atoms with Crippen molar-refractivity contribution in [3.63, 3.8) is 0 Å². The summed E-state index contributed by atoms with van der Waals surface area (Å²) in [6.07, 6.45) is 2.71. The number of unbranched alkanes of at least 4 members (excludes halogenated alkanes) is 2. The van der Waals surface area contributed by atoms with Crippen LogP contribution >= 0.6 is 0 Å². The number of ether oxygens (including phenoxy) is 10. The van der Waals surface area contributed by atoms with Crippen molar-refractivity contribution in [3.05, 3.63) is 54.1 Å². The third-order valence-electron chi connectivity index (χ3n) is 21.0. The van der Waals surface area contributed by atoms with Gasteiger partial charge >= 0.3 is 18.1 Å². The lowest BCUT2D eigenvalue weighted by atomic mass is 9.81. The van der Waals surface area contributed by atoms with E-state index in [2.05, 4.69) is 46.7 Å². The number of carbonyl (C=O) groups excluding carboxylic acids is 9. The quantitative estimate of drug-likeness (QED) is 0.0355. The summed E-state index contributed by atoms with van der Waals surface area (Å²) in [6, 6.07) is 3.55. The van der Waals surface area contributed by atoms with Crippen LogP contribution < -0.4 is 32.3 Å². The highest BCUT2D eigenvalue weighted by Gasteiger charge is 2.60. The third-order valence-corrected chi connectivity index (χ3v) is 21.0. The Bertz CT molecular complexity index is 3050. The first-order valence-electron chi connectivity index (χ1n) is 35.7. The zero-order valence-electron chi connectivity index (χ0n) is 57.8. The van der Waals surface area contributed by atoms with Gasteiger partial charge in [-0.1, -0.05) is 52.5 Å². The minimum atomic E-state index is -1.11. The number of fused-ring (bicyclic) bond motifs is 9. The Balaban J connectivity index is 0.712. The average molecular weight is 1390 g/mol. The molecule has 99 heavy (non-hydrogen) atoms. The van der Waals surface area contributed by atoms with Crippen LogP contribution in [0.1, 0.15) is 174 Å². The molecule has 9 aliphatic heterocycles. The van der Waals surface area contributed by atoms with Crippen molar-refractivity contribution in [2.45, 2.75) is 284 Å². The predicted molar refractivity (Wildman–Crippen MR) is 353 cm³/mol. The summed E-state index contributed by atoms with van der Waals surface area (Å²) in [5.74, 6) is -5.09. The number of carbonyl (C=O) groups is 9. The average Bonchev–Trinajstić information content (AvgIpc) is 1.62. The van der Waals surface area contributed by atoms with E-state index in [0.717, 1.165) is 43.3 Å². The summed E-state index contributed by atoms with van der Waals surface area (Å²) in [7, 11) is 3.29. The molecule has 10 rings (SSSR count). The fourth-order valence-corrected chi connectivity index (χ4v) is 15.7. The van der Waals surface area contributed by atoms with E-state index >= 15 is 0 Å². The number of aliphatic hydroxyl groups is 1. The van der Waals surface area contributed by atoms with Crippen molar-refractivity contribution in [1.82, 2.24) is 26.3 Å². The second-order valence-corrected chi connectivity index (χ2v) is 28.7. The van der Waals surface area contributed by atoms with Gasteiger partial charge in [-0.2, -0.15) is 0 Å². The summed E-state index contributed by atoms with van der Waals surface area (Å²) in [5.41, 5.74) is 8.19. The van der Waals surface area contributed by atoms with Gasteiger partial charge < -0.3 is 89.6 Å². The van der Waals surface area contributed by atoms with Gasteiger partial charge in [0.2, 0.25) is 17.7 Å². The molecule has 8 amide bonds. The largest absolute Gasteiger partial charge is 0.445 e. The van der Waals surface area contributed by atoms with E-state index in [0.29, 0.717) is 74.1 Å². The molecule has 9 fully saturated rings. The molecule has 28 heteroatoms. The molecule has 0 aromatic heterocycles. The van der Waals surface area contributed by atoms with Crippen molar-refractivity contribution in [2.24, 2.45) is 23.5 Å². The van der Waals surface area contributed by atoms with Crippen LogP contribution in [0.4, 0.5) is 15.3 Å². The number of hydrogen-bond acceptors (Lipinski definition) is 21. The van der Waals surface area contributed by atoms with Crippen LogP contribution in [0, 0.1) is 17.8 Å². The minimum Gasteiger partial charge on any atom is -0.445 e. The molecule has 0 aliphatic carbocycles. The smallest absolute Gasteiger partial charge is 0.407 e. The highest BCUT2D eigenvalue weighted by molar-refractivity contribution is 6.01. The topological polar surface area (TPSA) is 365 Å². The lowest BCUT2D eigenvalue weighted by Gasteiger charge is -2.47. The van der Waals surface area contributed by atoms with E-state index in [9.17, 15) is 48.3 Å². The van der Waals surface area contributed by atoms with E-state index in [4.69, 9.17) is 57.9 Å². The standard InChI is InChI=1S/C71H103N7O21/c1-38(2)63(77-59(81)13-9-8-10-14-62(84)99-78-60(82)23-24-61(78)83)68(86)76-50(12-11-27-73-69(72)87)67(85)75-43-17-15-42(16-18-43)37-91-70(88)74-36-45(80)32-55-64(90-7)49-31-44(79)30-47-20-22-52-65(94-47)57-34-56(95-52)66-58(89-6)35-71(97-57,98-66)26-25-48-29-40(4)51(92-48)21-19-46-28-39(3)41(5)53(93-46)33-54(49)96-55/h15-18,38-39,45-58,63-66,80H,4-5,8-14,19-37H2,1-3,6-7H3,(H,74,88)(H,75,85)(H,76,86)(H,77,81)(H3,72,73,87)/t39-,45+,46+,47-,48+,49+,50?,51+,52+,53?,54?,55?,56-,57-,58-,63+,64-,65+,66-,71-/m1/s1. The Morgan fingerprint density at radius 3 is 2.21 bits per heavy atom. The number of nitrogens with two attached hydrogens (primary N) is 1. The Hall–Kier alpha value is -6.47. The number of aliphatic hydroxyl groups excluding tert-OH is 1. The molecule has 20 atom stereocenters. The molecule has 9 saturated heterocycles. The van der Waals surface area contributed by atoms with Gasteiger partial charge in [-0.15, -0.1) is 5.06 Å². The predicted octanol–water partition coefficient (Wildman–Crippen LogP) is 5.61. The lowest BCUT2D eigenvalue weighted by molar-refractivity contribution is -0.277. The number of Topliss-reactive ketones (excluding diaryl/α,β-unsaturated/α-hetero) is 1. The summed E-state index contributed by atoms with van der Waals surface area (Å²) in [4.78, 5) is 120. The van der Waals surface area contributed by atoms with Gasteiger partial charge in [0.1, 0.15) is 36.7 Å². The summed E-state index contributed by atoms with van der Waals surface area (Å²) in [5, 5.41) is 25.4. The molecule has 28 nitrogen and oxygen atoms in total. The molecule has 1 spiro atoms. The van der Waals surface area contributed by atoms with Crippen LogP contribution in [0.2, 0.25) is 0 Å². The second-order valence-electron chi connectivity index (χ2n) is 28.7. The maximum Gasteiger partial charge on any atom is 0.407 e. The number of anilines is 1. The van der Waals surface area contributed by atoms with Gasteiger partial charge in [-0.05, 0) is 111 Å². The van der Waals surface area contributed by atoms with Gasteiger partial charge in [0, 0.05) is 110 Å². The summed E-state index contributed by atoms with van der Waals surface area (Å²) < 4.78 is 65.8. The van der Waals surface area contributed by atoms with Crippen LogP contribution in [0.5, 0.6) is 0 Å². The molecule has 10 bridgehead atoms. The highest BCUT2D eigenvalue weighted by atomic mass is 16.7. The fraction of sp³-hybridized carbons (Fsp3) is 0.732. The SMILES string of the molecule is C=C1C2CC3OC(C[C@H](O)CNC(=O)OCc4ccc(NC(=O)C(CCCNC(N)=O)NC(=O)[C@@H](NC(=O)CCCCCC(=O)ON5C(=O)CCC5=O)C(C)C)cc4)[C@H](OC)[C@H]3CC(=O)C[C@H]3CC[C@@H]4O[C@@H]5C[C@@H](O[C@@]6(CC[C@H]7CC(=C)[C@H](CC[C@@H](C[C@H]1C)O2)O7)C[C@@H](OC)[C@@H]5O6)[C@H]4O3. The van der Waals surface area contributed by atoms with Crippen molar-refractivity contribution >= 4 is 59.1 Å². The summed E-state index contributed by atoms with van der Waals surface area (Å²) >= 11 is 0. The Morgan fingerprint density at radius 2 is 1.47 bits per heavy atom. The van der Waals surface area contributed by atoms with Crippen LogP contribution in [-0.4, -0.2) is 200 Å². The molecule has 9 heterocycles. The van der Waals surface area contributed by atoms with Crippen LogP contribution in [0.15, 0.2) is 48.6 Å². The Kier molecular flexibility index (Phi) is 26.2.